The molecule has 10 heavy (non-hydrogen) atoms. The summed E-state index contributed by atoms with van der Waals surface area (Å²) in [6, 6.07) is 0. The number of nitrogens with one attached hydrogen (secondary N) is 1. The second-order valence-corrected chi connectivity index (χ2v) is 2.75. The quantitative estimate of drug-likeness (QED) is 0.595. The first-order valence-corrected chi connectivity index (χ1v) is 3.69. The molecule has 0 amide bonds. The molecule has 3 heteroatoms. The van der Waals surface area contributed by atoms with Crippen LogP contribution < -0.4 is 5.32 Å². The molecule has 1 aliphatic carbocycles. The molecule has 1 saturated carbocycles. The van der Waals surface area contributed by atoms with E-state index in [0.29, 0.717) is 5.92 Å². The fourth-order valence-corrected chi connectivity index (χ4v) is 1.11. The van der Waals surface area contributed by atoms with Crippen LogP contribution in [0.2, 0.25) is 0 Å². The Labute approximate surface area is 60.4 Å². The van der Waals surface area contributed by atoms with E-state index in [4.69, 9.17) is 5.11 Å². The van der Waals surface area contributed by atoms with Gasteiger partial charge in [-0.15, -0.1) is 0 Å². The van der Waals surface area contributed by atoms with Gasteiger partial charge in [-0.25, -0.2) is 0 Å². The van der Waals surface area contributed by atoms with Crippen LogP contribution in [0.4, 0.5) is 0 Å². The minimum absolute atomic E-state index is 0.0564. The molecule has 0 aromatic carbocycles. The molecule has 1 rings (SSSR count). The first-order valence-electron chi connectivity index (χ1n) is 3.69. The minimum atomic E-state index is -0.636. The lowest BCUT2D eigenvalue weighted by Gasteiger charge is -1.96. The molecular formula is C7H13NO2. The Morgan fingerprint density at radius 1 is 1.80 bits per heavy atom. The molecule has 0 aromatic rings. The molecule has 2 N–H and O–H groups in total. The van der Waals surface area contributed by atoms with Gasteiger partial charge in [-0.3, -0.25) is 4.79 Å². The van der Waals surface area contributed by atoms with Crippen molar-refractivity contribution in [2.75, 3.05) is 13.1 Å². The highest BCUT2D eigenvalue weighted by Gasteiger charge is 2.42. The monoisotopic (exact) mass is 143 g/mol. The summed E-state index contributed by atoms with van der Waals surface area (Å²) in [5.41, 5.74) is 0. The van der Waals surface area contributed by atoms with Gasteiger partial charge in [-0.05, 0) is 25.4 Å². The Hall–Kier alpha value is -0.570. The summed E-state index contributed by atoms with van der Waals surface area (Å²) in [5, 5.41) is 11.6. The van der Waals surface area contributed by atoms with E-state index >= 15 is 0 Å². The van der Waals surface area contributed by atoms with E-state index in [9.17, 15) is 4.79 Å². The van der Waals surface area contributed by atoms with E-state index in [-0.39, 0.29) is 5.92 Å². The highest BCUT2D eigenvalue weighted by Crippen LogP contribution is 2.37. The number of aliphatic carboxylic acids is 1. The molecule has 0 saturated heterocycles. The number of hydrogen-bond donors (Lipinski definition) is 2. The summed E-state index contributed by atoms with van der Waals surface area (Å²) in [7, 11) is 0. The molecule has 2 atom stereocenters. The van der Waals surface area contributed by atoms with E-state index in [1.807, 2.05) is 6.92 Å². The molecule has 0 radical (unpaired) electrons. The van der Waals surface area contributed by atoms with Gasteiger partial charge in [0.1, 0.15) is 0 Å². The van der Waals surface area contributed by atoms with E-state index < -0.39 is 5.97 Å². The number of hydrogen-bond acceptors (Lipinski definition) is 2. The topological polar surface area (TPSA) is 49.3 Å². The van der Waals surface area contributed by atoms with Crippen LogP contribution in [0, 0.1) is 11.8 Å². The van der Waals surface area contributed by atoms with Crippen molar-refractivity contribution in [3.63, 3.8) is 0 Å². The SMILES string of the molecule is CCNCC1CC1C(=O)O. The summed E-state index contributed by atoms with van der Waals surface area (Å²) in [5.74, 6) is -0.292. The Kier molecular flexibility index (Phi) is 2.27. The summed E-state index contributed by atoms with van der Waals surface area (Å²) >= 11 is 0. The molecule has 1 fully saturated rings. The average molecular weight is 143 g/mol. The smallest absolute Gasteiger partial charge is 0.306 e. The van der Waals surface area contributed by atoms with Crippen LogP contribution in [0.1, 0.15) is 13.3 Å². The zero-order valence-corrected chi connectivity index (χ0v) is 6.13. The molecule has 2 unspecified atom stereocenters. The highest BCUT2D eigenvalue weighted by molar-refractivity contribution is 5.73. The average Bonchev–Trinajstić information content (AvgIpc) is 2.62. The van der Waals surface area contributed by atoms with Gasteiger partial charge < -0.3 is 10.4 Å². The van der Waals surface area contributed by atoms with Crippen molar-refractivity contribution >= 4 is 5.97 Å². The van der Waals surface area contributed by atoms with Gasteiger partial charge in [-0.2, -0.15) is 0 Å². The van der Waals surface area contributed by atoms with Crippen LogP contribution in [0.25, 0.3) is 0 Å². The van der Waals surface area contributed by atoms with Crippen LogP contribution in [-0.4, -0.2) is 24.2 Å². The van der Waals surface area contributed by atoms with E-state index in [1.54, 1.807) is 0 Å². The molecule has 0 aromatic heterocycles. The fourth-order valence-electron chi connectivity index (χ4n) is 1.11. The second-order valence-electron chi connectivity index (χ2n) is 2.75. The highest BCUT2D eigenvalue weighted by atomic mass is 16.4. The molecule has 0 aliphatic heterocycles. The zero-order chi connectivity index (χ0) is 7.56. The van der Waals surface area contributed by atoms with E-state index in [2.05, 4.69) is 5.32 Å². The van der Waals surface area contributed by atoms with Crippen LogP contribution in [-0.2, 0) is 4.79 Å². The maximum absolute atomic E-state index is 10.3. The fraction of sp³-hybridized carbons (Fsp3) is 0.857. The Bertz CT molecular complexity index is 136. The van der Waals surface area contributed by atoms with Crippen LogP contribution in [0.5, 0.6) is 0 Å². The van der Waals surface area contributed by atoms with Crippen LogP contribution in [0.15, 0.2) is 0 Å². The van der Waals surface area contributed by atoms with Crippen molar-refractivity contribution in [3.8, 4) is 0 Å². The lowest BCUT2D eigenvalue weighted by Crippen LogP contribution is -2.17. The normalized spacial score (nSPS) is 30.1. The zero-order valence-electron chi connectivity index (χ0n) is 6.13. The maximum atomic E-state index is 10.3. The predicted molar refractivity (Wildman–Crippen MR) is 37.8 cm³/mol. The molecular weight excluding hydrogens is 130 g/mol. The van der Waals surface area contributed by atoms with Crippen molar-refractivity contribution in [2.24, 2.45) is 11.8 Å². The summed E-state index contributed by atoms with van der Waals surface area (Å²) in [4.78, 5) is 10.3. The maximum Gasteiger partial charge on any atom is 0.306 e. The summed E-state index contributed by atoms with van der Waals surface area (Å²) in [6.45, 7) is 3.83. The molecule has 58 valence electrons. The molecule has 1 aliphatic rings. The van der Waals surface area contributed by atoms with Crippen molar-refractivity contribution in [1.82, 2.24) is 5.32 Å². The van der Waals surface area contributed by atoms with Crippen molar-refractivity contribution in [2.45, 2.75) is 13.3 Å². The first kappa shape index (κ1) is 7.54. The summed E-state index contributed by atoms with van der Waals surface area (Å²) in [6.07, 6.45) is 0.863. The lowest BCUT2D eigenvalue weighted by atomic mass is 10.3. The molecule has 0 heterocycles. The second kappa shape index (κ2) is 3.01. The largest absolute Gasteiger partial charge is 0.481 e. The van der Waals surface area contributed by atoms with Crippen LogP contribution >= 0.6 is 0 Å². The predicted octanol–water partition coefficient (Wildman–Crippen LogP) is 0.317. The molecule has 0 spiro atoms. The number of carboxylic acids is 1. The van der Waals surface area contributed by atoms with E-state index in [0.717, 1.165) is 19.5 Å². The standard InChI is InChI=1S/C7H13NO2/c1-2-8-4-5-3-6(5)7(9)10/h5-6,8H,2-4H2,1H3,(H,9,10). The number of rotatable bonds is 4. The lowest BCUT2D eigenvalue weighted by molar-refractivity contribution is -0.138. The first-order chi connectivity index (χ1) is 4.75. The van der Waals surface area contributed by atoms with Gasteiger partial charge in [0.25, 0.3) is 0 Å². The molecule has 3 nitrogen and oxygen atoms in total. The van der Waals surface area contributed by atoms with Gasteiger partial charge >= 0.3 is 5.97 Å². The van der Waals surface area contributed by atoms with Gasteiger partial charge in [-0.1, -0.05) is 6.92 Å². The Morgan fingerprint density at radius 2 is 2.50 bits per heavy atom. The molecule has 0 bridgehead atoms. The van der Waals surface area contributed by atoms with Crippen LogP contribution in [0.3, 0.4) is 0 Å². The van der Waals surface area contributed by atoms with E-state index in [1.165, 1.54) is 0 Å². The Morgan fingerprint density at radius 3 is 2.90 bits per heavy atom. The third-order valence-corrected chi connectivity index (χ3v) is 1.90. The summed E-state index contributed by atoms with van der Waals surface area (Å²) < 4.78 is 0. The van der Waals surface area contributed by atoms with Crippen molar-refractivity contribution in [3.05, 3.63) is 0 Å². The van der Waals surface area contributed by atoms with Crippen molar-refractivity contribution < 1.29 is 9.90 Å². The number of carboxylic acid groups (broad SMARTS) is 1. The number of carbonyl (C=O) groups is 1. The van der Waals surface area contributed by atoms with Gasteiger partial charge in [0, 0.05) is 0 Å². The third kappa shape index (κ3) is 1.70. The Balaban J connectivity index is 2.08. The van der Waals surface area contributed by atoms with Crippen molar-refractivity contribution in [1.29, 1.82) is 0 Å². The van der Waals surface area contributed by atoms with Gasteiger partial charge in [0.15, 0.2) is 0 Å². The van der Waals surface area contributed by atoms with Gasteiger partial charge in [0.2, 0.25) is 0 Å². The van der Waals surface area contributed by atoms with Gasteiger partial charge in [0.05, 0.1) is 5.92 Å². The minimum Gasteiger partial charge on any atom is -0.481 e. The third-order valence-electron chi connectivity index (χ3n) is 1.90.